The van der Waals surface area contributed by atoms with Crippen LogP contribution in [0.4, 0.5) is 0 Å². The molecule has 7 nitrogen and oxygen atoms in total. The lowest BCUT2D eigenvalue weighted by Gasteiger charge is -2.36. The number of allylic oxidation sites excluding steroid dienone is 4. The summed E-state index contributed by atoms with van der Waals surface area (Å²) in [7, 11) is 0. The number of hydrogen-bond acceptors (Lipinski definition) is 5. The van der Waals surface area contributed by atoms with E-state index in [1.54, 1.807) is 23.1 Å². The van der Waals surface area contributed by atoms with Crippen LogP contribution in [-0.2, 0) is 0 Å². The molecule has 0 spiro atoms. The largest absolute Gasteiger partial charge is 0.375 e. The fraction of sp³-hybridized carbons (Fsp3) is 0.280. The number of aromatic nitrogens is 4. The zero-order valence-electron chi connectivity index (χ0n) is 17.8. The topological polar surface area (TPSA) is 79.7 Å². The maximum absolute atomic E-state index is 12.7. The lowest BCUT2D eigenvalue weighted by atomic mass is 9.99. The van der Waals surface area contributed by atoms with Gasteiger partial charge in [0.15, 0.2) is 5.69 Å². The quantitative estimate of drug-likeness (QED) is 0.635. The highest BCUT2D eigenvalue weighted by Crippen LogP contribution is 2.28. The maximum Gasteiger partial charge on any atom is 0.209 e. The molecule has 0 N–H and O–H groups in total. The van der Waals surface area contributed by atoms with Crippen LogP contribution in [0.5, 0.6) is 0 Å². The second kappa shape index (κ2) is 8.67. The Hall–Kier alpha value is -3.92. The Balaban J connectivity index is 1.36. The highest BCUT2D eigenvalue weighted by atomic mass is 16.1. The van der Waals surface area contributed by atoms with Crippen LogP contribution in [-0.4, -0.2) is 37.6 Å². The van der Waals surface area contributed by atoms with Crippen molar-refractivity contribution in [1.82, 2.24) is 24.5 Å². The number of para-hydroxylation sites is 1. The molecule has 0 bridgehead atoms. The number of hydrogen-bond donors (Lipinski definition) is 0. The Kier molecular flexibility index (Phi) is 5.42. The molecule has 160 valence electrons. The summed E-state index contributed by atoms with van der Waals surface area (Å²) in [6.07, 6.45) is 11.2. The molecule has 3 heterocycles. The highest BCUT2D eigenvalue weighted by molar-refractivity contribution is 5.56. The van der Waals surface area contributed by atoms with Gasteiger partial charge in [0.2, 0.25) is 5.43 Å². The van der Waals surface area contributed by atoms with Gasteiger partial charge in [-0.25, -0.2) is 4.68 Å². The minimum Gasteiger partial charge on any atom is -0.375 e. The zero-order valence-corrected chi connectivity index (χ0v) is 17.8. The molecule has 5 rings (SSSR count). The van der Waals surface area contributed by atoms with E-state index in [1.165, 1.54) is 5.70 Å². The van der Waals surface area contributed by atoms with Crippen molar-refractivity contribution < 1.29 is 0 Å². The predicted molar refractivity (Wildman–Crippen MR) is 122 cm³/mol. The number of piperidine rings is 1. The fourth-order valence-electron chi connectivity index (χ4n) is 4.46. The van der Waals surface area contributed by atoms with Gasteiger partial charge in [0.1, 0.15) is 0 Å². The van der Waals surface area contributed by atoms with Gasteiger partial charge in [0, 0.05) is 36.6 Å². The SMILES string of the molecule is N#CC1=CC=C(N2CCC(n3ccc(=O)c(-c4ccnn4-c4ccccc4)n3)CC2)CC1. The van der Waals surface area contributed by atoms with Gasteiger partial charge in [0.05, 0.1) is 29.7 Å². The summed E-state index contributed by atoms with van der Waals surface area (Å²) in [5, 5.41) is 18.2. The molecule has 1 aliphatic carbocycles. The van der Waals surface area contributed by atoms with Crippen molar-refractivity contribution in [3.63, 3.8) is 0 Å². The summed E-state index contributed by atoms with van der Waals surface area (Å²) < 4.78 is 3.70. The number of rotatable bonds is 4. The van der Waals surface area contributed by atoms with E-state index in [0.29, 0.717) is 11.4 Å². The summed E-state index contributed by atoms with van der Waals surface area (Å²) in [5.74, 6) is 0. The number of benzene rings is 1. The van der Waals surface area contributed by atoms with Crippen molar-refractivity contribution in [3.05, 3.63) is 88.5 Å². The van der Waals surface area contributed by atoms with Crippen molar-refractivity contribution in [2.45, 2.75) is 31.7 Å². The number of nitrogens with zero attached hydrogens (tertiary/aromatic N) is 6. The minimum atomic E-state index is -0.108. The summed E-state index contributed by atoms with van der Waals surface area (Å²) >= 11 is 0. The number of nitriles is 1. The van der Waals surface area contributed by atoms with E-state index in [1.807, 2.05) is 47.2 Å². The maximum atomic E-state index is 12.7. The summed E-state index contributed by atoms with van der Waals surface area (Å²) in [5.41, 5.74) is 4.06. The first-order valence-corrected chi connectivity index (χ1v) is 11.0. The van der Waals surface area contributed by atoms with Gasteiger partial charge < -0.3 is 4.90 Å². The van der Waals surface area contributed by atoms with E-state index in [0.717, 1.165) is 50.0 Å². The molecule has 0 radical (unpaired) electrons. The molecule has 1 aromatic carbocycles. The van der Waals surface area contributed by atoms with E-state index in [2.05, 4.69) is 22.1 Å². The monoisotopic (exact) mass is 424 g/mol. The first-order valence-electron chi connectivity index (χ1n) is 11.0. The smallest absolute Gasteiger partial charge is 0.209 e. The Morgan fingerprint density at radius 3 is 2.53 bits per heavy atom. The molecule has 0 atom stereocenters. The average molecular weight is 425 g/mol. The normalized spacial score (nSPS) is 16.9. The molecule has 0 saturated carbocycles. The third kappa shape index (κ3) is 3.87. The minimum absolute atomic E-state index is 0.108. The highest BCUT2D eigenvalue weighted by Gasteiger charge is 2.24. The molecule has 3 aromatic rings. The van der Waals surface area contributed by atoms with E-state index >= 15 is 0 Å². The van der Waals surface area contributed by atoms with Crippen LogP contribution in [0.1, 0.15) is 31.7 Å². The Labute approximate surface area is 186 Å². The van der Waals surface area contributed by atoms with Crippen molar-refractivity contribution in [1.29, 1.82) is 5.26 Å². The van der Waals surface area contributed by atoms with Gasteiger partial charge in [-0.05, 0) is 56.0 Å². The molecule has 0 unspecified atom stereocenters. The van der Waals surface area contributed by atoms with Gasteiger partial charge in [-0.3, -0.25) is 9.48 Å². The van der Waals surface area contributed by atoms with Crippen LogP contribution in [0.15, 0.2) is 83.1 Å². The first kappa shape index (κ1) is 20.0. The zero-order chi connectivity index (χ0) is 21.9. The second-order valence-electron chi connectivity index (χ2n) is 8.15. The van der Waals surface area contributed by atoms with Crippen molar-refractivity contribution in [3.8, 4) is 23.1 Å². The molecule has 32 heavy (non-hydrogen) atoms. The molecule has 2 aliphatic rings. The Bertz CT molecular complexity index is 1270. The Morgan fingerprint density at radius 1 is 1.00 bits per heavy atom. The second-order valence-corrected chi connectivity index (χ2v) is 8.15. The molecule has 7 heteroatoms. The standard InChI is InChI=1S/C25H24N6O/c26-18-19-6-8-20(9-7-19)29-15-11-21(12-16-29)30-17-13-24(32)25(28-30)23-10-14-27-31(23)22-4-2-1-3-5-22/h1-6,8,10,13-14,17,21H,7,9,11-12,15-16H2. The average Bonchev–Trinajstić information content (AvgIpc) is 3.35. The van der Waals surface area contributed by atoms with Gasteiger partial charge in [-0.1, -0.05) is 18.2 Å². The molecular weight excluding hydrogens is 400 g/mol. The van der Waals surface area contributed by atoms with E-state index < -0.39 is 0 Å². The van der Waals surface area contributed by atoms with Gasteiger partial charge in [0.25, 0.3) is 0 Å². The lowest BCUT2D eigenvalue weighted by molar-refractivity contribution is 0.212. The first-order chi connectivity index (χ1) is 15.7. The third-order valence-electron chi connectivity index (χ3n) is 6.23. The van der Waals surface area contributed by atoms with Crippen LogP contribution in [0.3, 0.4) is 0 Å². The third-order valence-corrected chi connectivity index (χ3v) is 6.23. The molecule has 1 saturated heterocycles. The molecule has 2 aromatic heterocycles. The van der Waals surface area contributed by atoms with Crippen molar-refractivity contribution in [2.75, 3.05) is 13.1 Å². The van der Waals surface area contributed by atoms with Crippen LogP contribution in [0, 0.1) is 11.3 Å². The summed E-state index contributed by atoms with van der Waals surface area (Å²) in [6, 6.07) is 15.7. The van der Waals surface area contributed by atoms with E-state index in [9.17, 15) is 4.79 Å². The molecular formula is C25H24N6O. The van der Waals surface area contributed by atoms with Gasteiger partial charge >= 0.3 is 0 Å². The van der Waals surface area contributed by atoms with E-state index in [-0.39, 0.29) is 11.5 Å². The van der Waals surface area contributed by atoms with Crippen LogP contribution in [0.2, 0.25) is 0 Å². The van der Waals surface area contributed by atoms with E-state index in [4.69, 9.17) is 10.4 Å². The van der Waals surface area contributed by atoms with Crippen LogP contribution < -0.4 is 5.43 Å². The summed E-state index contributed by atoms with van der Waals surface area (Å²) in [4.78, 5) is 15.1. The Morgan fingerprint density at radius 2 is 1.81 bits per heavy atom. The molecule has 0 amide bonds. The lowest BCUT2D eigenvalue weighted by Crippen LogP contribution is -2.35. The van der Waals surface area contributed by atoms with Gasteiger partial charge in [-0.2, -0.15) is 15.5 Å². The summed E-state index contributed by atoms with van der Waals surface area (Å²) in [6.45, 7) is 1.88. The predicted octanol–water partition coefficient (Wildman–Crippen LogP) is 3.86. The van der Waals surface area contributed by atoms with Crippen LogP contribution >= 0.6 is 0 Å². The van der Waals surface area contributed by atoms with Crippen LogP contribution in [0.25, 0.3) is 17.1 Å². The van der Waals surface area contributed by atoms with Crippen molar-refractivity contribution >= 4 is 0 Å². The van der Waals surface area contributed by atoms with Crippen molar-refractivity contribution in [2.24, 2.45) is 0 Å². The molecule has 1 aliphatic heterocycles. The van der Waals surface area contributed by atoms with Gasteiger partial charge in [-0.15, -0.1) is 0 Å². The number of likely N-dealkylation sites (tertiary alicyclic amines) is 1. The fourth-order valence-corrected chi connectivity index (χ4v) is 4.46. The molecule has 1 fully saturated rings.